The third kappa shape index (κ3) is 4.68. The number of anilines is 1. The van der Waals surface area contributed by atoms with Gasteiger partial charge < -0.3 is 15.0 Å². The van der Waals surface area contributed by atoms with E-state index in [1.165, 1.54) is 24.1 Å². The molecule has 0 amide bonds. The lowest BCUT2D eigenvalue weighted by molar-refractivity contribution is 0.131. The fraction of sp³-hybridized carbons (Fsp3) is 0.600. The van der Waals surface area contributed by atoms with Crippen molar-refractivity contribution in [1.82, 2.24) is 5.32 Å². The molecule has 1 N–H and O–H groups in total. The predicted octanol–water partition coefficient (Wildman–Crippen LogP) is 2.92. The molecule has 3 nitrogen and oxygen atoms in total. The zero-order valence-corrected chi connectivity index (χ0v) is 12.5. The first-order valence-corrected chi connectivity index (χ1v) is 7.30. The van der Waals surface area contributed by atoms with Gasteiger partial charge in [0.2, 0.25) is 0 Å². The van der Waals surface area contributed by atoms with Crippen LogP contribution in [0, 0.1) is 5.92 Å². The van der Waals surface area contributed by atoms with E-state index in [0.29, 0.717) is 0 Å². The van der Waals surface area contributed by atoms with Crippen LogP contribution in [-0.4, -0.2) is 33.9 Å². The summed E-state index contributed by atoms with van der Waals surface area (Å²) < 4.78 is 5.69. The minimum absolute atomic E-state index is 0.785. The highest BCUT2D eigenvalue weighted by Gasteiger charge is 2.21. The van der Waals surface area contributed by atoms with Crippen LogP contribution in [0.3, 0.4) is 0 Å². The SMILES string of the molecule is CNCc1cc(Cl)ccc1N(C)CCOCC1CC1. The van der Waals surface area contributed by atoms with Gasteiger partial charge in [-0.3, -0.25) is 0 Å². The molecule has 1 aliphatic rings. The van der Waals surface area contributed by atoms with Gasteiger partial charge in [-0.15, -0.1) is 0 Å². The van der Waals surface area contributed by atoms with Crippen LogP contribution in [0.4, 0.5) is 5.69 Å². The second-order valence-corrected chi connectivity index (χ2v) is 5.68. The average Bonchev–Trinajstić information content (AvgIpc) is 3.19. The largest absolute Gasteiger partial charge is 0.379 e. The Hall–Kier alpha value is -0.770. The van der Waals surface area contributed by atoms with Gasteiger partial charge in [-0.1, -0.05) is 11.6 Å². The summed E-state index contributed by atoms with van der Waals surface area (Å²) in [5.41, 5.74) is 2.44. The number of hydrogen-bond donors (Lipinski definition) is 1. The van der Waals surface area contributed by atoms with Gasteiger partial charge in [0.15, 0.2) is 0 Å². The van der Waals surface area contributed by atoms with Gasteiger partial charge in [-0.05, 0) is 49.6 Å². The van der Waals surface area contributed by atoms with Crippen molar-refractivity contribution >= 4 is 17.3 Å². The van der Waals surface area contributed by atoms with E-state index >= 15 is 0 Å². The summed E-state index contributed by atoms with van der Waals surface area (Å²) in [6.45, 7) is 3.45. The van der Waals surface area contributed by atoms with E-state index in [2.05, 4.69) is 23.3 Å². The van der Waals surface area contributed by atoms with Gasteiger partial charge in [0, 0.05) is 37.5 Å². The van der Waals surface area contributed by atoms with Crippen LogP contribution in [0.5, 0.6) is 0 Å². The molecule has 2 rings (SSSR count). The molecule has 0 spiro atoms. The normalized spacial score (nSPS) is 14.7. The molecule has 1 aromatic rings. The number of halogens is 1. The maximum Gasteiger partial charge on any atom is 0.0641 e. The highest BCUT2D eigenvalue weighted by Crippen LogP contribution is 2.28. The first kappa shape index (κ1) is 14.6. The molecule has 0 saturated heterocycles. The number of rotatable bonds is 8. The van der Waals surface area contributed by atoms with Crippen molar-refractivity contribution in [1.29, 1.82) is 0 Å². The summed E-state index contributed by atoms with van der Waals surface area (Å²) in [4.78, 5) is 2.23. The molecule has 0 atom stereocenters. The smallest absolute Gasteiger partial charge is 0.0641 e. The van der Waals surface area contributed by atoms with Crippen LogP contribution in [0.15, 0.2) is 18.2 Å². The molecule has 0 heterocycles. The van der Waals surface area contributed by atoms with Gasteiger partial charge in [-0.2, -0.15) is 0 Å². The van der Waals surface area contributed by atoms with Crippen LogP contribution in [-0.2, 0) is 11.3 Å². The molecule has 106 valence electrons. The first-order chi connectivity index (χ1) is 9.20. The molecule has 19 heavy (non-hydrogen) atoms. The quantitative estimate of drug-likeness (QED) is 0.742. The van der Waals surface area contributed by atoms with Crippen LogP contribution in [0.1, 0.15) is 18.4 Å². The van der Waals surface area contributed by atoms with E-state index in [-0.39, 0.29) is 0 Å². The van der Waals surface area contributed by atoms with E-state index in [0.717, 1.165) is 37.2 Å². The predicted molar refractivity (Wildman–Crippen MR) is 81.0 cm³/mol. The van der Waals surface area contributed by atoms with Gasteiger partial charge in [0.25, 0.3) is 0 Å². The monoisotopic (exact) mass is 282 g/mol. The molecule has 1 saturated carbocycles. The lowest BCUT2D eigenvalue weighted by Gasteiger charge is -2.22. The highest BCUT2D eigenvalue weighted by atomic mass is 35.5. The molecule has 0 aliphatic heterocycles. The number of benzene rings is 1. The minimum atomic E-state index is 0.785. The van der Waals surface area contributed by atoms with Crippen molar-refractivity contribution < 1.29 is 4.74 Å². The van der Waals surface area contributed by atoms with Crippen LogP contribution >= 0.6 is 11.6 Å². The van der Waals surface area contributed by atoms with Crippen molar-refractivity contribution in [3.63, 3.8) is 0 Å². The maximum absolute atomic E-state index is 6.05. The lowest BCUT2D eigenvalue weighted by atomic mass is 10.1. The fourth-order valence-corrected chi connectivity index (χ4v) is 2.31. The average molecular weight is 283 g/mol. The number of nitrogens with one attached hydrogen (secondary N) is 1. The van der Waals surface area contributed by atoms with Gasteiger partial charge in [0.05, 0.1) is 6.61 Å². The van der Waals surface area contributed by atoms with Gasteiger partial charge in [-0.25, -0.2) is 0 Å². The Labute approximate surface area is 120 Å². The number of likely N-dealkylation sites (N-methyl/N-ethyl adjacent to an activating group) is 1. The van der Waals surface area contributed by atoms with Crippen molar-refractivity contribution in [3.8, 4) is 0 Å². The topological polar surface area (TPSA) is 24.5 Å². The van der Waals surface area contributed by atoms with Crippen LogP contribution in [0.25, 0.3) is 0 Å². The van der Waals surface area contributed by atoms with Gasteiger partial charge >= 0.3 is 0 Å². The summed E-state index contributed by atoms with van der Waals surface area (Å²) in [6, 6.07) is 6.04. The Morgan fingerprint density at radius 1 is 1.42 bits per heavy atom. The molecular formula is C15H23ClN2O. The van der Waals surface area contributed by atoms with Crippen molar-refractivity contribution in [2.45, 2.75) is 19.4 Å². The van der Waals surface area contributed by atoms with Gasteiger partial charge in [0.1, 0.15) is 0 Å². The summed E-state index contributed by atoms with van der Waals surface area (Å²) in [5, 5.41) is 3.97. The Kier molecular flexibility index (Phi) is 5.49. The first-order valence-electron chi connectivity index (χ1n) is 6.92. The molecule has 4 heteroatoms. The zero-order valence-electron chi connectivity index (χ0n) is 11.8. The second-order valence-electron chi connectivity index (χ2n) is 5.24. The summed E-state index contributed by atoms with van der Waals surface area (Å²) in [5.74, 6) is 0.834. The Bertz CT molecular complexity index is 407. The Balaban J connectivity index is 1.86. The molecular weight excluding hydrogens is 260 g/mol. The van der Waals surface area contributed by atoms with E-state index in [9.17, 15) is 0 Å². The Morgan fingerprint density at radius 3 is 2.89 bits per heavy atom. The van der Waals surface area contributed by atoms with E-state index < -0.39 is 0 Å². The zero-order chi connectivity index (χ0) is 13.7. The summed E-state index contributed by atoms with van der Waals surface area (Å²) >= 11 is 6.05. The van der Waals surface area contributed by atoms with E-state index in [1.54, 1.807) is 0 Å². The second kappa shape index (κ2) is 7.13. The maximum atomic E-state index is 6.05. The van der Waals surface area contributed by atoms with Crippen molar-refractivity contribution in [3.05, 3.63) is 28.8 Å². The summed E-state index contributed by atoms with van der Waals surface area (Å²) in [6.07, 6.45) is 2.69. The number of ether oxygens (including phenoxy) is 1. The molecule has 0 bridgehead atoms. The van der Waals surface area contributed by atoms with Crippen LogP contribution in [0.2, 0.25) is 5.02 Å². The standard InChI is InChI=1S/C15H23ClN2O/c1-17-10-13-9-14(16)5-6-15(13)18(2)7-8-19-11-12-3-4-12/h5-6,9,12,17H,3-4,7-8,10-11H2,1-2H3. The highest BCUT2D eigenvalue weighted by molar-refractivity contribution is 6.30. The molecule has 0 unspecified atom stereocenters. The van der Waals surface area contributed by atoms with Crippen LogP contribution < -0.4 is 10.2 Å². The third-order valence-corrected chi connectivity index (χ3v) is 3.68. The van der Waals surface area contributed by atoms with E-state index in [4.69, 9.17) is 16.3 Å². The number of nitrogens with zero attached hydrogens (tertiary/aromatic N) is 1. The Morgan fingerprint density at radius 2 is 2.21 bits per heavy atom. The summed E-state index contributed by atoms with van der Waals surface area (Å²) in [7, 11) is 4.05. The molecule has 1 aliphatic carbocycles. The lowest BCUT2D eigenvalue weighted by Crippen LogP contribution is -2.24. The van der Waals surface area contributed by atoms with Crippen molar-refractivity contribution in [2.75, 3.05) is 38.8 Å². The van der Waals surface area contributed by atoms with Crippen molar-refractivity contribution in [2.24, 2.45) is 5.92 Å². The fourth-order valence-electron chi connectivity index (χ4n) is 2.11. The number of hydrogen-bond acceptors (Lipinski definition) is 3. The molecule has 1 aromatic carbocycles. The molecule has 1 fully saturated rings. The minimum Gasteiger partial charge on any atom is -0.379 e. The molecule has 0 aromatic heterocycles. The third-order valence-electron chi connectivity index (χ3n) is 3.44. The van der Waals surface area contributed by atoms with E-state index in [1.807, 2.05) is 19.2 Å². The molecule has 0 radical (unpaired) electrons.